The number of hydrogen-bond donors (Lipinski definition) is 2. The molecule has 0 saturated carbocycles. The van der Waals surface area contributed by atoms with Crippen molar-refractivity contribution in [3.05, 3.63) is 41.6 Å². The maximum atomic E-state index is 13.5. The van der Waals surface area contributed by atoms with E-state index in [0.29, 0.717) is 18.7 Å². The SMILES string of the molecule is Cc1cccc(CN2CCCC3(CCN(c4nc(N)nc5[nH]ncc45)C3)C2=O)c1. The molecule has 0 aliphatic carbocycles. The summed E-state index contributed by atoms with van der Waals surface area (Å²) in [5, 5.41) is 7.78. The zero-order valence-electron chi connectivity index (χ0n) is 16.6. The molecule has 8 nitrogen and oxygen atoms in total. The second-order valence-corrected chi connectivity index (χ2v) is 8.31. The van der Waals surface area contributed by atoms with Crippen molar-refractivity contribution in [3.8, 4) is 0 Å². The van der Waals surface area contributed by atoms with Crippen molar-refractivity contribution in [1.82, 2.24) is 25.1 Å². The Morgan fingerprint density at radius 3 is 3.00 bits per heavy atom. The zero-order valence-corrected chi connectivity index (χ0v) is 16.6. The van der Waals surface area contributed by atoms with Gasteiger partial charge in [0.2, 0.25) is 11.9 Å². The van der Waals surface area contributed by atoms with Gasteiger partial charge in [0.25, 0.3) is 0 Å². The number of aryl methyl sites for hydroxylation is 1. The fraction of sp³-hybridized carbons (Fsp3) is 0.429. The highest BCUT2D eigenvalue weighted by atomic mass is 16.2. The number of rotatable bonds is 3. The molecule has 1 spiro atoms. The van der Waals surface area contributed by atoms with Crippen molar-refractivity contribution < 1.29 is 4.79 Å². The van der Waals surface area contributed by atoms with Crippen molar-refractivity contribution in [2.24, 2.45) is 5.41 Å². The predicted octanol–water partition coefficient (Wildman–Crippen LogP) is 2.26. The Kier molecular flexibility index (Phi) is 4.15. The van der Waals surface area contributed by atoms with Gasteiger partial charge in [0.15, 0.2) is 5.65 Å². The van der Waals surface area contributed by atoms with E-state index in [-0.39, 0.29) is 17.3 Å². The highest BCUT2D eigenvalue weighted by Crippen LogP contribution is 2.42. The molecule has 1 unspecified atom stereocenters. The Balaban J connectivity index is 1.39. The number of benzene rings is 1. The number of nitrogens with one attached hydrogen (secondary N) is 1. The Morgan fingerprint density at radius 2 is 2.14 bits per heavy atom. The molecular weight excluding hydrogens is 366 g/mol. The molecule has 3 N–H and O–H groups in total. The van der Waals surface area contributed by atoms with Gasteiger partial charge in [0.05, 0.1) is 17.0 Å². The zero-order chi connectivity index (χ0) is 20.0. The molecule has 5 rings (SSSR count). The van der Waals surface area contributed by atoms with Crippen LogP contribution in [0, 0.1) is 12.3 Å². The van der Waals surface area contributed by atoms with E-state index in [0.717, 1.165) is 43.6 Å². The molecule has 29 heavy (non-hydrogen) atoms. The maximum absolute atomic E-state index is 13.5. The maximum Gasteiger partial charge on any atom is 0.230 e. The highest BCUT2D eigenvalue weighted by molar-refractivity contribution is 5.89. The molecule has 4 heterocycles. The Morgan fingerprint density at radius 1 is 1.24 bits per heavy atom. The van der Waals surface area contributed by atoms with E-state index in [2.05, 4.69) is 56.3 Å². The summed E-state index contributed by atoms with van der Waals surface area (Å²) in [7, 11) is 0. The number of likely N-dealkylation sites (tertiary alicyclic amines) is 1. The molecule has 1 atom stereocenters. The fourth-order valence-electron chi connectivity index (χ4n) is 4.84. The molecule has 3 aromatic rings. The van der Waals surface area contributed by atoms with Crippen molar-refractivity contribution in [1.29, 1.82) is 0 Å². The Labute approximate surface area is 169 Å². The number of nitrogens with zero attached hydrogens (tertiary/aromatic N) is 5. The summed E-state index contributed by atoms with van der Waals surface area (Å²) in [6.45, 7) is 5.02. The van der Waals surface area contributed by atoms with E-state index >= 15 is 0 Å². The minimum atomic E-state index is -0.349. The highest BCUT2D eigenvalue weighted by Gasteiger charge is 2.48. The van der Waals surface area contributed by atoms with Crippen LogP contribution in [0.25, 0.3) is 11.0 Å². The summed E-state index contributed by atoms with van der Waals surface area (Å²) in [5.41, 5.74) is 8.59. The second-order valence-electron chi connectivity index (χ2n) is 8.31. The largest absolute Gasteiger partial charge is 0.368 e. The van der Waals surface area contributed by atoms with Gasteiger partial charge in [0.1, 0.15) is 5.82 Å². The van der Waals surface area contributed by atoms with Crippen LogP contribution in [0.3, 0.4) is 0 Å². The number of nitrogens with two attached hydrogens (primary N) is 1. The van der Waals surface area contributed by atoms with Crippen LogP contribution in [0.4, 0.5) is 11.8 Å². The standard InChI is InChI=1S/C21H25N7O/c1-14-4-2-5-15(10-14)12-27-8-3-6-21(19(27)29)7-9-28(13-21)18-16-11-23-26-17(16)24-20(22)25-18/h2,4-5,10-11H,3,6-9,12-13H2,1H3,(H3,22,23,24,25,26). The van der Waals surface area contributed by atoms with Crippen molar-refractivity contribution >= 4 is 28.7 Å². The molecule has 2 fully saturated rings. The molecule has 1 amide bonds. The number of fused-ring (bicyclic) bond motifs is 1. The monoisotopic (exact) mass is 391 g/mol. The lowest BCUT2D eigenvalue weighted by Gasteiger charge is -2.39. The average Bonchev–Trinajstić information content (AvgIpc) is 3.33. The lowest BCUT2D eigenvalue weighted by Crippen LogP contribution is -2.49. The van der Waals surface area contributed by atoms with E-state index in [1.807, 2.05) is 4.90 Å². The van der Waals surface area contributed by atoms with Crippen molar-refractivity contribution in [3.63, 3.8) is 0 Å². The number of hydrogen-bond acceptors (Lipinski definition) is 6. The van der Waals surface area contributed by atoms with Crippen LogP contribution in [-0.2, 0) is 11.3 Å². The number of aromatic nitrogens is 4. The molecule has 2 aliphatic heterocycles. The van der Waals surface area contributed by atoms with Gasteiger partial charge < -0.3 is 15.5 Å². The predicted molar refractivity (Wildman–Crippen MR) is 111 cm³/mol. The number of anilines is 2. The summed E-state index contributed by atoms with van der Waals surface area (Å²) < 4.78 is 0. The summed E-state index contributed by atoms with van der Waals surface area (Å²) in [4.78, 5) is 26.4. The first kappa shape index (κ1) is 17.9. The van der Waals surface area contributed by atoms with Gasteiger partial charge in [-0.2, -0.15) is 15.1 Å². The van der Waals surface area contributed by atoms with Crippen LogP contribution in [0.2, 0.25) is 0 Å². The van der Waals surface area contributed by atoms with Gasteiger partial charge in [0, 0.05) is 26.2 Å². The first-order chi connectivity index (χ1) is 14.0. The number of aromatic amines is 1. The number of carbonyl (C=O) groups is 1. The van der Waals surface area contributed by atoms with Gasteiger partial charge in [-0.3, -0.25) is 9.89 Å². The molecule has 8 heteroatoms. The third kappa shape index (κ3) is 3.08. The Hall–Kier alpha value is -3.16. The normalized spacial score (nSPS) is 22.2. The molecule has 150 valence electrons. The first-order valence-electron chi connectivity index (χ1n) is 10.1. The summed E-state index contributed by atoms with van der Waals surface area (Å²) in [5.74, 6) is 1.24. The van der Waals surface area contributed by atoms with Gasteiger partial charge in [-0.25, -0.2) is 0 Å². The molecule has 1 aromatic carbocycles. The molecule has 0 radical (unpaired) electrons. The van der Waals surface area contributed by atoms with Crippen molar-refractivity contribution in [2.75, 3.05) is 30.3 Å². The number of H-pyrrole nitrogens is 1. The van der Waals surface area contributed by atoms with Crippen LogP contribution < -0.4 is 10.6 Å². The first-order valence-corrected chi connectivity index (χ1v) is 10.1. The van der Waals surface area contributed by atoms with Crippen LogP contribution >= 0.6 is 0 Å². The van der Waals surface area contributed by atoms with Crippen LogP contribution in [0.5, 0.6) is 0 Å². The average molecular weight is 391 g/mol. The molecule has 2 aliphatic rings. The van der Waals surface area contributed by atoms with Crippen LogP contribution in [0.15, 0.2) is 30.5 Å². The van der Waals surface area contributed by atoms with E-state index < -0.39 is 0 Å². The van der Waals surface area contributed by atoms with Gasteiger partial charge in [-0.1, -0.05) is 29.8 Å². The van der Waals surface area contributed by atoms with Gasteiger partial charge in [-0.15, -0.1) is 0 Å². The van der Waals surface area contributed by atoms with Gasteiger partial charge in [-0.05, 0) is 31.7 Å². The van der Waals surface area contributed by atoms with Crippen LogP contribution in [0.1, 0.15) is 30.4 Å². The third-order valence-corrected chi connectivity index (χ3v) is 6.24. The second kappa shape index (κ2) is 6.72. The van der Waals surface area contributed by atoms with E-state index in [9.17, 15) is 4.79 Å². The van der Waals surface area contributed by atoms with Gasteiger partial charge >= 0.3 is 0 Å². The molecular formula is C21H25N7O. The topological polar surface area (TPSA) is 104 Å². The smallest absolute Gasteiger partial charge is 0.230 e. The lowest BCUT2D eigenvalue weighted by molar-refractivity contribution is -0.145. The number of nitrogen functional groups attached to an aromatic ring is 1. The number of carbonyl (C=O) groups excluding carboxylic acids is 1. The van der Waals surface area contributed by atoms with E-state index in [1.54, 1.807) is 6.20 Å². The minimum absolute atomic E-state index is 0.216. The van der Waals surface area contributed by atoms with E-state index in [4.69, 9.17) is 5.73 Å². The van der Waals surface area contributed by atoms with Crippen molar-refractivity contribution in [2.45, 2.75) is 32.7 Å². The number of piperidine rings is 1. The Bertz CT molecular complexity index is 1080. The summed E-state index contributed by atoms with van der Waals surface area (Å²) in [6, 6.07) is 8.40. The summed E-state index contributed by atoms with van der Waals surface area (Å²) in [6.07, 6.45) is 4.50. The lowest BCUT2D eigenvalue weighted by atomic mass is 9.78. The molecule has 0 bridgehead atoms. The fourth-order valence-corrected chi connectivity index (χ4v) is 4.84. The molecule has 2 aromatic heterocycles. The third-order valence-electron chi connectivity index (χ3n) is 6.24. The minimum Gasteiger partial charge on any atom is -0.368 e. The summed E-state index contributed by atoms with van der Waals surface area (Å²) >= 11 is 0. The molecule has 2 saturated heterocycles. The quantitative estimate of drug-likeness (QED) is 0.710. The number of amides is 1. The van der Waals surface area contributed by atoms with Crippen LogP contribution in [-0.4, -0.2) is 50.6 Å². The van der Waals surface area contributed by atoms with E-state index in [1.165, 1.54) is 11.1 Å².